The largest absolute Gasteiger partial charge is 0.406 e. The Morgan fingerprint density at radius 2 is 2.13 bits per heavy atom. The zero-order valence-electron chi connectivity index (χ0n) is 9.95. The van der Waals surface area contributed by atoms with Gasteiger partial charge in [0.2, 0.25) is 5.89 Å². The first-order valence-electron chi connectivity index (χ1n) is 5.46. The molecule has 0 saturated heterocycles. The molecule has 5 heteroatoms. The molecule has 0 radical (unpaired) electrons. The van der Waals surface area contributed by atoms with Crippen LogP contribution in [0.3, 0.4) is 0 Å². The fraction of sp³-hybridized carbons (Fsp3) is 0.800. The maximum absolute atomic E-state index is 5.55. The maximum atomic E-state index is 5.55. The lowest BCUT2D eigenvalue weighted by Crippen LogP contribution is -2.18. The summed E-state index contributed by atoms with van der Waals surface area (Å²) in [6, 6.07) is 0.711. The molecule has 0 spiro atoms. The highest BCUT2D eigenvalue weighted by Gasteiger charge is 2.14. The molecule has 1 atom stereocenters. The van der Waals surface area contributed by atoms with E-state index in [4.69, 9.17) is 4.42 Å². The predicted molar refractivity (Wildman–Crippen MR) is 60.0 cm³/mol. The summed E-state index contributed by atoms with van der Waals surface area (Å²) in [4.78, 5) is 1.97. The van der Waals surface area contributed by atoms with Gasteiger partial charge >= 0.3 is 6.01 Å². The van der Waals surface area contributed by atoms with Crippen LogP contribution in [0.1, 0.15) is 39.1 Å². The number of hydrogen-bond donors (Lipinski definition) is 1. The minimum absolute atomic E-state index is 0.117. The molecule has 0 aliphatic heterocycles. The van der Waals surface area contributed by atoms with Gasteiger partial charge in [0, 0.05) is 13.6 Å². The van der Waals surface area contributed by atoms with Crippen LogP contribution >= 0.6 is 0 Å². The number of nitrogens with zero attached hydrogens (tertiary/aromatic N) is 3. The Hall–Kier alpha value is -1.10. The van der Waals surface area contributed by atoms with Crippen LogP contribution in [0.5, 0.6) is 0 Å². The molecule has 0 bridgehead atoms. The summed E-state index contributed by atoms with van der Waals surface area (Å²) in [6.45, 7) is 8.01. The van der Waals surface area contributed by atoms with Crippen LogP contribution in [0.15, 0.2) is 4.42 Å². The molecular weight excluding hydrogens is 192 g/mol. The minimum Gasteiger partial charge on any atom is -0.406 e. The van der Waals surface area contributed by atoms with E-state index in [0.29, 0.717) is 11.9 Å². The second kappa shape index (κ2) is 5.70. The Bertz CT molecular complexity index is 260. The zero-order chi connectivity index (χ0) is 11.3. The summed E-state index contributed by atoms with van der Waals surface area (Å²) in [6.07, 6.45) is 1.07. The highest BCUT2D eigenvalue weighted by atomic mass is 16.4. The monoisotopic (exact) mass is 212 g/mol. The van der Waals surface area contributed by atoms with Gasteiger partial charge in [0.1, 0.15) is 0 Å². The zero-order valence-corrected chi connectivity index (χ0v) is 9.95. The second-order valence-corrected chi connectivity index (χ2v) is 3.62. The summed E-state index contributed by atoms with van der Waals surface area (Å²) in [5.41, 5.74) is 0. The highest BCUT2D eigenvalue weighted by Crippen LogP contribution is 2.15. The highest BCUT2D eigenvalue weighted by molar-refractivity contribution is 5.21. The van der Waals surface area contributed by atoms with Gasteiger partial charge in [-0.2, -0.15) is 0 Å². The summed E-state index contributed by atoms with van der Waals surface area (Å²) in [7, 11) is 1.96. The Balaban J connectivity index is 2.62. The third kappa shape index (κ3) is 3.20. The van der Waals surface area contributed by atoms with E-state index in [0.717, 1.165) is 19.5 Å². The van der Waals surface area contributed by atoms with Crippen molar-refractivity contribution in [3.05, 3.63) is 5.89 Å². The molecule has 1 N–H and O–H groups in total. The van der Waals surface area contributed by atoms with Gasteiger partial charge in [0.15, 0.2) is 0 Å². The van der Waals surface area contributed by atoms with Gasteiger partial charge in [-0.05, 0) is 19.9 Å². The molecule has 0 amide bonds. The molecule has 0 saturated carbocycles. The first-order chi connectivity index (χ1) is 7.19. The quantitative estimate of drug-likeness (QED) is 0.776. The average Bonchev–Trinajstić information content (AvgIpc) is 2.67. The van der Waals surface area contributed by atoms with E-state index in [1.165, 1.54) is 0 Å². The van der Waals surface area contributed by atoms with E-state index in [1.54, 1.807) is 0 Å². The molecular formula is C10H20N4O. The van der Waals surface area contributed by atoms with Crippen LogP contribution < -0.4 is 10.2 Å². The van der Waals surface area contributed by atoms with Crippen molar-refractivity contribution in [1.29, 1.82) is 0 Å². The summed E-state index contributed by atoms with van der Waals surface area (Å²) in [5.74, 6) is 0.648. The molecule has 0 aromatic carbocycles. The Morgan fingerprint density at radius 3 is 2.73 bits per heavy atom. The Kier molecular flexibility index (Phi) is 4.55. The van der Waals surface area contributed by atoms with Crippen molar-refractivity contribution in [2.24, 2.45) is 0 Å². The van der Waals surface area contributed by atoms with Crippen LogP contribution in [0.4, 0.5) is 6.01 Å². The Morgan fingerprint density at radius 1 is 1.40 bits per heavy atom. The first-order valence-corrected chi connectivity index (χ1v) is 5.46. The van der Waals surface area contributed by atoms with Crippen LogP contribution in [0.25, 0.3) is 0 Å². The number of hydrogen-bond acceptors (Lipinski definition) is 5. The van der Waals surface area contributed by atoms with Crippen molar-refractivity contribution in [2.75, 3.05) is 25.0 Å². The van der Waals surface area contributed by atoms with Gasteiger partial charge in [-0.1, -0.05) is 18.9 Å². The van der Waals surface area contributed by atoms with Crippen LogP contribution in [-0.2, 0) is 0 Å². The van der Waals surface area contributed by atoms with Gasteiger partial charge in [0.05, 0.1) is 6.04 Å². The third-order valence-electron chi connectivity index (χ3n) is 2.20. The molecule has 5 nitrogen and oxygen atoms in total. The fourth-order valence-electron chi connectivity index (χ4n) is 1.38. The van der Waals surface area contributed by atoms with E-state index in [9.17, 15) is 0 Å². The smallest absolute Gasteiger partial charge is 0.317 e. The molecule has 1 rings (SSSR count). The van der Waals surface area contributed by atoms with E-state index < -0.39 is 0 Å². The molecule has 0 aliphatic rings. The lowest BCUT2D eigenvalue weighted by Gasteiger charge is -2.11. The Labute approximate surface area is 90.9 Å². The first kappa shape index (κ1) is 12.0. The molecule has 15 heavy (non-hydrogen) atoms. The van der Waals surface area contributed by atoms with Gasteiger partial charge in [-0.3, -0.25) is 0 Å². The second-order valence-electron chi connectivity index (χ2n) is 3.62. The van der Waals surface area contributed by atoms with E-state index >= 15 is 0 Å². The van der Waals surface area contributed by atoms with E-state index in [-0.39, 0.29) is 6.04 Å². The molecule has 0 aliphatic carbocycles. The number of aromatic nitrogens is 2. The number of rotatable bonds is 6. The predicted octanol–water partition coefficient (Wildman–Crippen LogP) is 1.59. The van der Waals surface area contributed by atoms with Gasteiger partial charge in [-0.15, -0.1) is 5.10 Å². The van der Waals surface area contributed by atoms with Crippen molar-refractivity contribution in [3.63, 3.8) is 0 Å². The minimum atomic E-state index is 0.117. The lowest BCUT2D eigenvalue weighted by atomic mass is 10.3. The van der Waals surface area contributed by atoms with E-state index in [1.807, 2.05) is 18.9 Å². The normalized spacial score (nSPS) is 12.8. The molecule has 86 valence electrons. The van der Waals surface area contributed by atoms with E-state index in [2.05, 4.69) is 29.4 Å². The maximum Gasteiger partial charge on any atom is 0.317 e. The molecule has 1 aromatic rings. The lowest BCUT2D eigenvalue weighted by molar-refractivity contribution is 0.421. The van der Waals surface area contributed by atoms with Crippen molar-refractivity contribution in [1.82, 2.24) is 15.5 Å². The summed E-state index contributed by atoms with van der Waals surface area (Å²) < 4.78 is 5.55. The van der Waals surface area contributed by atoms with Crippen molar-refractivity contribution in [3.8, 4) is 0 Å². The van der Waals surface area contributed by atoms with Crippen LogP contribution in [-0.4, -0.2) is 30.3 Å². The van der Waals surface area contributed by atoms with Crippen LogP contribution in [0.2, 0.25) is 0 Å². The van der Waals surface area contributed by atoms with Crippen molar-refractivity contribution < 1.29 is 4.42 Å². The topological polar surface area (TPSA) is 54.2 Å². The number of anilines is 1. The molecule has 1 unspecified atom stereocenters. The fourth-order valence-corrected chi connectivity index (χ4v) is 1.38. The van der Waals surface area contributed by atoms with Crippen molar-refractivity contribution >= 4 is 6.01 Å². The number of nitrogens with one attached hydrogen (secondary N) is 1. The molecule has 1 heterocycles. The molecule has 1 aromatic heterocycles. The summed E-state index contributed by atoms with van der Waals surface area (Å²) in [5, 5.41) is 11.3. The van der Waals surface area contributed by atoms with Crippen LogP contribution in [0, 0.1) is 0 Å². The SMILES string of the molecule is CCCN(C)c1nnc(C(C)NCC)o1. The standard InChI is InChI=1S/C10H20N4O/c1-5-7-14(4)10-13-12-9(15-10)8(3)11-6-2/h8,11H,5-7H2,1-4H3. The molecule has 0 fully saturated rings. The summed E-state index contributed by atoms with van der Waals surface area (Å²) >= 11 is 0. The third-order valence-corrected chi connectivity index (χ3v) is 2.20. The van der Waals surface area contributed by atoms with Crippen molar-refractivity contribution in [2.45, 2.75) is 33.2 Å². The average molecular weight is 212 g/mol. The van der Waals surface area contributed by atoms with Gasteiger partial charge in [-0.25, -0.2) is 0 Å². The van der Waals surface area contributed by atoms with Gasteiger partial charge < -0.3 is 14.6 Å². The van der Waals surface area contributed by atoms with Gasteiger partial charge in [0.25, 0.3) is 0 Å².